The Morgan fingerprint density at radius 3 is 2.93 bits per heavy atom. The van der Waals surface area contributed by atoms with Crippen molar-refractivity contribution in [3.8, 4) is 0 Å². The van der Waals surface area contributed by atoms with Gasteiger partial charge in [-0.2, -0.15) is 0 Å². The standard InChI is InChI=1S/C11H14FNO2/c1-8-3-4-10(12)7-9(8)5-6-13-11(14)15-2/h3-4,7H,5-6H2,1-2H3,(H,13,14). The summed E-state index contributed by atoms with van der Waals surface area (Å²) in [5, 5.41) is 2.54. The highest BCUT2D eigenvalue weighted by Crippen LogP contribution is 2.10. The number of aryl methyl sites for hydroxylation is 1. The summed E-state index contributed by atoms with van der Waals surface area (Å²) in [6.07, 6.45) is 0.127. The minimum absolute atomic E-state index is 0.256. The number of carbonyl (C=O) groups excluding carboxylic acids is 1. The number of methoxy groups -OCH3 is 1. The average molecular weight is 211 g/mol. The van der Waals surface area contributed by atoms with E-state index in [-0.39, 0.29) is 5.82 Å². The number of alkyl carbamates (subject to hydrolysis) is 1. The molecule has 0 heterocycles. The topological polar surface area (TPSA) is 38.3 Å². The first-order valence-electron chi connectivity index (χ1n) is 4.70. The molecular formula is C11H14FNO2. The monoisotopic (exact) mass is 211 g/mol. The van der Waals surface area contributed by atoms with Crippen molar-refractivity contribution in [2.24, 2.45) is 0 Å². The molecular weight excluding hydrogens is 197 g/mol. The zero-order chi connectivity index (χ0) is 11.3. The van der Waals surface area contributed by atoms with Gasteiger partial charge in [0.1, 0.15) is 5.82 Å². The summed E-state index contributed by atoms with van der Waals surface area (Å²) < 4.78 is 17.3. The van der Waals surface area contributed by atoms with Crippen molar-refractivity contribution >= 4 is 6.09 Å². The number of halogens is 1. The van der Waals surface area contributed by atoms with Crippen molar-refractivity contribution in [1.29, 1.82) is 0 Å². The van der Waals surface area contributed by atoms with Crippen LogP contribution >= 0.6 is 0 Å². The molecule has 0 spiro atoms. The Labute approximate surface area is 88.2 Å². The van der Waals surface area contributed by atoms with E-state index in [9.17, 15) is 9.18 Å². The molecule has 82 valence electrons. The Morgan fingerprint density at radius 2 is 2.27 bits per heavy atom. The molecule has 1 aromatic carbocycles. The van der Waals surface area contributed by atoms with Crippen molar-refractivity contribution in [2.45, 2.75) is 13.3 Å². The van der Waals surface area contributed by atoms with E-state index < -0.39 is 6.09 Å². The van der Waals surface area contributed by atoms with Crippen molar-refractivity contribution in [3.05, 3.63) is 35.1 Å². The minimum Gasteiger partial charge on any atom is -0.453 e. The summed E-state index contributed by atoms with van der Waals surface area (Å²) in [5.41, 5.74) is 1.91. The van der Waals surface area contributed by atoms with Crippen LogP contribution in [0.1, 0.15) is 11.1 Å². The maximum atomic E-state index is 12.9. The van der Waals surface area contributed by atoms with Crippen LogP contribution in [-0.2, 0) is 11.2 Å². The summed E-state index contributed by atoms with van der Waals surface area (Å²) >= 11 is 0. The van der Waals surface area contributed by atoms with Gasteiger partial charge in [0.05, 0.1) is 7.11 Å². The lowest BCUT2D eigenvalue weighted by Gasteiger charge is -2.06. The molecule has 1 aromatic rings. The Bertz CT molecular complexity index is 352. The number of nitrogens with one attached hydrogen (secondary N) is 1. The molecule has 0 aliphatic heterocycles. The third kappa shape index (κ3) is 3.58. The molecule has 1 rings (SSSR count). The van der Waals surface area contributed by atoms with E-state index in [1.807, 2.05) is 6.92 Å². The summed E-state index contributed by atoms with van der Waals surface area (Å²) in [5.74, 6) is -0.256. The van der Waals surface area contributed by atoms with Crippen LogP contribution in [-0.4, -0.2) is 19.7 Å². The fourth-order valence-corrected chi connectivity index (χ4v) is 1.28. The van der Waals surface area contributed by atoms with Gasteiger partial charge in [0, 0.05) is 6.54 Å². The molecule has 0 aliphatic rings. The van der Waals surface area contributed by atoms with Gasteiger partial charge in [-0.25, -0.2) is 9.18 Å². The molecule has 0 saturated heterocycles. The summed E-state index contributed by atoms with van der Waals surface area (Å²) in [7, 11) is 1.31. The van der Waals surface area contributed by atoms with Gasteiger partial charge >= 0.3 is 6.09 Å². The van der Waals surface area contributed by atoms with Crippen LogP contribution < -0.4 is 5.32 Å². The van der Waals surface area contributed by atoms with Crippen molar-refractivity contribution in [1.82, 2.24) is 5.32 Å². The van der Waals surface area contributed by atoms with Crippen LogP contribution in [0.25, 0.3) is 0 Å². The Hall–Kier alpha value is -1.58. The predicted molar refractivity (Wildman–Crippen MR) is 55.2 cm³/mol. The molecule has 1 N–H and O–H groups in total. The number of carbonyl (C=O) groups is 1. The molecule has 0 radical (unpaired) electrons. The zero-order valence-electron chi connectivity index (χ0n) is 8.84. The second kappa shape index (κ2) is 5.34. The second-order valence-electron chi connectivity index (χ2n) is 3.24. The molecule has 15 heavy (non-hydrogen) atoms. The second-order valence-corrected chi connectivity index (χ2v) is 3.24. The number of rotatable bonds is 3. The minimum atomic E-state index is -0.468. The molecule has 0 unspecified atom stereocenters. The number of hydrogen-bond acceptors (Lipinski definition) is 2. The Morgan fingerprint density at radius 1 is 1.53 bits per heavy atom. The van der Waals surface area contributed by atoms with Gasteiger partial charge in [-0.3, -0.25) is 0 Å². The first-order chi connectivity index (χ1) is 7.13. The number of hydrogen-bond donors (Lipinski definition) is 1. The number of benzene rings is 1. The van der Waals surface area contributed by atoms with Gasteiger partial charge in [0.2, 0.25) is 0 Å². The predicted octanol–water partition coefficient (Wildman–Crippen LogP) is 2.03. The highest BCUT2D eigenvalue weighted by Gasteiger charge is 2.02. The van der Waals surface area contributed by atoms with E-state index in [1.54, 1.807) is 6.07 Å². The van der Waals surface area contributed by atoms with E-state index in [0.717, 1.165) is 11.1 Å². The van der Waals surface area contributed by atoms with Gasteiger partial charge in [-0.1, -0.05) is 6.07 Å². The molecule has 1 amide bonds. The quantitative estimate of drug-likeness (QED) is 0.830. The highest BCUT2D eigenvalue weighted by molar-refractivity contribution is 5.66. The SMILES string of the molecule is COC(=O)NCCc1cc(F)ccc1C. The van der Waals surface area contributed by atoms with E-state index >= 15 is 0 Å². The smallest absolute Gasteiger partial charge is 0.406 e. The fraction of sp³-hybridized carbons (Fsp3) is 0.364. The normalized spacial score (nSPS) is 9.80. The maximum Gasteiger partial charge on any atom is 0.406 e. The van der Waals surface area contributed by atoms with Crippen LogP contribution in [0.4, 0.5) is 9.18 Å². The van der Waals surface area contributed by atoms with Crippen molar-refractivity contribution in [3.63, 3.8) is 0 Å². The van der Waals surface area contributed by atoms with E-state index in [0.29, 0.717) is 13.0 Å². The van der Waals surface area contributed by atoms with Crippen LogP contribution in [0.15, 0.2) is 18.2 Å². The molecule has 0 aromatic heterocycles. The average Bonchev–Trinajstić information content (AvgIpc) is 2.23. The van der Waals surface area contributed by atoms with Crippen LogP contribution in [0.2, 0.25) is 0 Å². The summed E-state index contributed by atoms with van der Waals surface area (Å²) in [6.45, 7) is 2.35. The number of amides is 1. The van der Waals surface area contributed by atoms with Crippen LogP contribution in [0, 0.1) is 12.7 Å². The lowest BCUT2D eigenvalue weighted by molar-refractivity contribution is 0.171. The van der Waals surface area contributed by atoms with Gasteiger partial charge in [-0.05, 0) is 36.6 Å². The molecule has 0 fully saturated rings. The van der Waals surface area contributed by atoms with Gasteiger partial charge in [0.25, 0.3) is 0 Å². The van der Waals surface area contributed by atoms with Crippen LogP contribution in [0.5, 0.6) is 0 Å². The third-order valence-electron chi connectivity index (χ3n) is 2.16. The number of ether oxygens (including phenoxy) is 1. The fourth-order valence-electron chi connectivity index (χ4n) is 1.28. The molecule has 0 atom stereocenters. The zero-order valence-corrected chi connectivity index (χ0v) is 8.84. The Balaban J connectivity index is 2.50. The maximum absolute atomic E-state index is 12.9. The molecule has 0 saturated carbocycles. The molecule has 0 aliphatic carbocycles. The van der Waals surface area contributed by atoms with Gasteiger partial charge in [-0.15, -0.1) is 0 Å². The summed E-state index contributed by atoms with van der Waals surface area (Å²) in [6, 6.07) is 4.63. The summed E-state index contributed by atoms with van der Waals surface area (Å²) in [4.78, 5) is 10.7. The lowest BCUT2D eigenvalue weighted by atomic mass is 10.1. The lowest BCUT2D eigenvalue weighted by Crippen LogP contribution is -2.25. The first-order valence-corrected chi connectivity index (χ1v) is 4.70. The van der Waals surface area contributed by atoms with Gasteiger partial charge < -0.3 is 10.1 Å². The first kappa shape index (κ1) is 11.5. The van der Waals surface area contributed by atoms with Gasteiger partial charge in [0.15, 0.2) is 0 Å². The van der Waals surface area contributed by atoms with E-state index in [2.05, 4.69) is 10.1 Å². The van der Waals surface area contributed by atoms with E-state index in [1.165, 1.54) is 19.2 Å². The van der Waals surface area contributed by atoms with E-state index in [4.69, 9.17) is 0 Å². The van der Waals surface area contributed by atoms with Crippen molar-refractivity contribution < 1.29 is 13.9 Å². The molecule has 0 bridgehead atoms. The largest absolute Gasteiger partial charge is 0.453 e. The van der Waals surface area contributed by atoms with Crippen LogP contribution in [0.3, 0.4) is 0 Å². The molecule has 4 heteroatoms. The molecule has 3 nitrogen and oxygen atoms in total. The van der Waals surface area contributed by atoms with Crippen molar-refractivity contribution in [2.75, 3.05) is 13.7 Å². The Kier molecular flexibility index (Phi) is 4.09. The highest BCUT2D eigenvalue weighted by atomic mass is 19.1. The third-order valence-corrected chi connectivity index (χ3v) is 2.16.